The van der Waals surface area contributed by atoms with Crippen LogP contribution in [-0.4, -0.2) is 11.4 Å². The molecule has 0 aromatic heterocycles. The molecule has 0 atom stereocenters. The molecule has 4 heteroatoms. The first kappa shape index (κ1) is 9.04. The van der Waals surface area contributed by atoms with Crippen LogP contribution in [0.1, 0.15) is 0 Å². The van der Waals surface area contributed by atoms with Gasteiger partial charge in [-0.3, -0.25) is 0 Å². The van der Waals surface area contributed by atoms with E-state index in [4.69, 9.17) is 0 Å². The number of halogens is 3. The first-order valence-electron chi connectivity index (χ1n) is 2.17. The van der Waals surface area contributed by atoms with Gasteiger partial charge in [0.2, 0.25) is 0 Å². The van der Waals surface area contributed by atoms with Gasteiger partial charge in [0.15, 0.2) is 0 Å². The Hall–Kier alpha value is 0.0400. The molecule has 0 unspecified atom stereocenters. The Morgan fingerprint density at radius 3 is 2.56 bits per heavy atom. The van der Waals surface area contributed by atoms with Crippen LogP contribution in [-0.2, 0) is 4.74 Å². The molecule has 1 radical (unpaired) electrons. The summed E-state index contributed by atoms with van der Waals surface area (Å²) in [4.78, 5) is -2.93. The molecule has 0 saturated heterocycles. The molecule has 0 rings (SSSR count). The number of hydrogen-bond donors (Lipinski definition) is 0. The van der Waals surface area contributed by atoms with Gasteiger partial charge in [0.05, 0.1) is 13.7 Å². The Morgan fingerprint density at radius 1 is 1.67 bits per heavy atom. The van der Waals surface area contributed by atoms with Gasteiger partial charge in [0.25, 0.3) is 0 Å². The van der Waals surface area contributed by atoms with Crippen molar-refractivity contribution >= 4 is 15.9 Å². The van der Waals surface area contributed by atoms with Crippen LogP contribution in [0.2, 0.25) is 0 Å². The van der Waals surface area contributed by atoms with Crippen LogP contribution in [0.5, 0.6) is 0 Å². The van der Waals surface area contributed by atoms with Gasteiger partial charge in [-0.05, 0) is 22.0 Å². The highest BCUT2D eigenvalue weighted by molar-refractivity contribution is 9.10. The van der Waals surface area contributed by atoms with Crippen LogP contribution in [0.25, 0.3) is 0 Å². The summed E-state index contributed by atoms with van der Waals surface area (Å²) in [6.07, 6.45) is 1.87. The molecule has 0 heterocycles. The molecule has 0 spiro atoms. The first-order valence-corrected chi connectivity index (χ1v) is 2.97. The van der Waals surface area contributed by atoms with Gasteiger partial charge in [-0.1, -0.05) is 6.08 Å². The molecule has 0 amide bonds. The fraction of sp³-hybridized carbons (Fsp3) is 0.400. The van der Waals surface area contributed by atoms with E-state index < -0.39 is 4.83 Å². The molecule has 0 aromatic rings. The molecule has 0 aliphatic heterocycles. The van der Waals surface area contributed by atoms with Gasteiger partial charge in [-0.2, -0.15) is 8.78 Å². The Labute approximate surface area is 60.8 Å². The average Bonchev–Trinajstić information content (AvgIpc) is 1.63. The minimum atomic E-state index is -2.93. The van der Waals surface area contributed by atoms with Crippen molar-refractivity contribution < 1.29 is 13.5 Å². The third-order valence-electron chi connectivity index (χ3n) is 0.521. The van der Waals surface area contributed by atoms with Crippen molar-refractivity contribution in [2.24, 2.45) is 0 Å². The largest absolute Gasteiger partial charge is 0.375 e. The smallest absolute Gasteiger partial charge is 0.320 e. The van der Waals surface area contributed by atoms with E-state index in [9.17, 15) is 8.78 Å². The van der Waals surface area contributed by atoms with Gasteiger partial charge >= 0.3 is 4.83 Å². The molecule has 0 aliphatic rings. The molecule has 0 aromatic carbocycles. The van der Waals surface area contributed by atoms with Crippen molar-refractivity contribution in [1.29, 1.82) is 0 Å². The van der Waals surface area contributed by atoms with Crippen LogP contribution in [0, 0.1) is 7.11 Å². The summed E-state index contributed by atoms with van der Waals surface area (Å²) >= 11 is 2.11. The predicted octanol–water partition coefficient (Wildman–Crippen LogP) is 2.34. The Kier molecular flexibility index (Phi) is 3.97. The van der Waals surface area contributed by atoms with Crippen molar-refractivity contribution in [3.63, 3.8) is 0 Å². The second kappa shape index (κ2) is 3.95. The summed E-state index contributed by atoms with van der Waals surface area (Å²) in [5, 5.41) is 0. The molecule has 0 bridgehead atoms. The molecular weight excluding hydrogens is 194 g/mol. The summed E-state index contributed by atoms with van der Waals surface area (Å²) in [5.74, 6) is 0. The topological polar surface area (TPSA) is 9.23 Å². The normalized spacial score (nSPS) is 12.9. The maximum Gasteiger partial charge on any atom is 0.320 e. The quantitative estimate of drug-likeness (QED) is 0.501. The minimum absolute atomic E-state index is 0.0984. The average molecular weight is 200 g/mol. The van der Waals surface area contributed by atoms with E-state index >= 15 is 0 Å². The van der Waals surface area contributed by atoms with E-state index in [-0.39, 0.29) is 6.61 Å². The second-order valence-corrected chi connectivity index (χ2v) is 2.37. The highest BCUT2D eigenvalue weighted by Gasteiger charge is 2.17. The van der Waals surface area contributed by atoms with Crippen LogP contribution in [0.15, 0.2) is 12.2 Å². The zero-order valence-electron chi connectivity index (χ0n) is 4.61. The van der Waals surface area contributed by atoms with Crippen LogP contribution >= 0.6 is 15.9 Å². The number of rotatable bonds is 3. The Bertz CT molecular complexity index is 97.6. The zero-order chi connectivity index (χ0) is 7.33. The predicted molar refractivity (Wildman–Crippen MR) is 34.3 cm³/mol. The maximum atomic E-state index is 11.8. The summed E-state index contributed by atoms with van der Waals surface area (Å²) in [6.45, 7) is 0.0984. The minimum Gasteiger partial charge on any atom is -0.375 e. The number of allylic oxidation sites excluding steroid dienone is 1. The standard InChI is InChI=1S/C5H6BrF2O/c1-9-4-2-3-5(6,7)8/h2-3H,1,4H2/b3-2+. The van der Waals surface area contributed by atoms with Gasteiger partial charge in [-0.15, -0.1) is 0 Å². The molecule has 0 N–H and O–H groups in total. The lowest BCUT2D eigenvalue weighted by molar-refractivity contribution is 0.169. The molecule has 9 heavy (non-hydrogen) atoms. The van der Waals surface area contributed by atoms with Crippen molar-refractivity contribution in [3.8, 4) is 0 Å². The van der Waals surface area contributed by atoms with Crippen molar-refractivity contribution in [2.75, 3.05) is 6.61 Å². The van der Waals surface area contributed by atoms with E-state index in [0.717, 1.165) is 0 Å². The van der Waals surface area contributed by atoms with Gasteiger partial charge in [-0.25, -0.2) is 0 Å². The number of alkyl halides is 3. The van der Waals surface area contributed by atoms with E-state index in [2.05, 4.69) is 27.8 Å². The van der Waals surface area contributed by atoms with Crippen LogP contribution in [0.4, 0.5) is 8.78 Å². The molecule has 0 saturated carbocycles. The lowest BCUT2D eigenvalue weighted by Crippen LogP contribution is -1.98. The monoisotopic (exact) mass is 199 g/mol. The van der Waals surface area contributed by atoms with Crippen LogP contribution in [0.3, 0.4) is 0 Å². The van der Waals surface area contributed by atoms with Crippen molar-refractivity contribution in [2.45, 2.75) is 4.83 Å². The molecular formula is C5H6BrF2O. The molecule has 53 valence electrons. The molecule has 0 fully saturated rings. The van der Waals surface area contributed by atoms with Gasteiger partial charge in [0, 0.05) is 0 Å². The lowest BCUT2D eigenvalue weighted by Gasteiger charge is -1.98. The van der Waals surface area contributed by atoms with Crippen molar-refractivity contribution in [1.82, 2.24) is 0 Å². The second-order valence-electron chi connectivity index (χ2n) is 1.31. The third-order valence-corrected chi connectivity index (χ3v) is 0.785. The fourth-order valence-electron chi connectivity index (χ4n) is 0.250. The summed E-state index contributed by atoms with van der Waals surface area (Å²) < 4.78 is 27.8. The summed E-state index contributed by atoms with van der Waals surface area (Å²) in [5.41, 5.74) is 0. The lowest BCUT2D eigenvalue weighted by atomic mass is 10.5. The highest BCUT2D eigenvalue weighted by atomic mass is 79.9. The fourth-order valence-corrected chi connectivity index (χ4v) is 0.437. The van der Waals surface area contributed by atoms with Gasteiger partial charge < -0.3 is 4.74 Å². The highest BCUT2D eigenvalue weighted by Crippen LogP contribution is 2.22. The Balaban J connectivity index is 3.45. The molecule has 1 nitrogen and oxygen atoms in total. The van der Waals surface area contributed by atoms with Crippen molar-refractivity contribution in [3.05, 3.63) is 19.3 Å². The van der Waals surface area contributed by atoms with Crippen LogP contribution < -0.4 is 0 Å². The number of ether oxygens (including phenoxy) is 1. The van der Waals surface area contributed by atoms with E-state index in [1.807, 2.05) is 0 Å². The zero-order valence-corrected chi connectivity index (χ0v) is 6.20. The molecule has 0 aliphatic carbocycles. The third kappa shape index (κ3) is 8.04. The Morgan fingerprint density at radius 2 is 2.22 bits per heavy atom. The SMILES string of the molecule is [CH2]OC/C=C/C(F)(F)Br. The van der Waals surface area contributed by atoms with Gasteiger partial charge in [0.1, 0.15) is 0 Å². The summed E-state index contributed by atoms with van der Waals surface area (Å²) in [7, 11) is 2.99. The van der Waals surface area contributed by atoms with E-state index in [1.54, 1.807) is 0 Å². The maximum absolute atomic E-state index is 11.8. The van der Waals surface area contributed by atoms with E-state index in [0.29, 0.717) is 6.08 Å². The van der Waals surface area contributed by atoms with E-state index in [1.165, 1.54) is 6.08 Å². The summed E-state index contributed by atoms with van der Waals surface area (Å²) in [6, 6.07) is 0. The first-order chi connectivity index (χ1) is 4.06. The number of hydrogen-bond acceptors (Lipinski definition) is 1.